The Labute approximate surface area is 260 Å². The lowest BCUT2D eigenvalue weighted by Gasteiger charge is -2.34. The molecule has 0 spiro atoms. The molecule has 0 aromatic heterocycles. The van der Waals surface area contributed by atoms with Crippen LogP contribution in [0.25, 0.3) is 0 Å². The van der Waals surface area contributed by atoms with Gasteiger partial charge in [-0.05, 0) is 75.6 Å². The van der Waals surface area contributed by atoms with E-state index in [1.165, 1.54) is 24.1 Å². The van der Waals surface area contributed by atoms with E-state index >= 15 is 0 Å². The number of hydrogen-bond donors (Lipinski definition) is 4. The number of ether oxygens (including phenoxy) is 2. The highest BCUT2D eigenvalue weighted by molar-refractivity contribution is 5.99. The van der Waals surface area contributed by atoms with E-state index in [9.17, 15) is 24.3 Å². The van der Waals surface area contributed by atoms with Gasteiger partial charge in [-0.3, -0.25) is 14.4 Å². The monoisotopic (exact) mass is 612 g/mol. The summed E-state index contributed by atoms with van der Waals surface area (Å²) in [5.74, 6) is -1.21. The lowest BCUT2D eigenvalue weighted by atomic mass is 10.00. The molecule has 2 rings (SSSR count). The van der Waals surface area contributed by atoms with Crippen LogP contribution >= 0.6 is 0 Å². The first-order chi connectivity index (χ1) is 20.8. The van der Waals surface area contributed by atoms with Crippen LogP contribution in [0, 0.1) is 0 Å². The SMILES string of the molecule is CCCCCCCCN(C(=O)C(CCC(N)=O)NC(=O)OC(C)(C)C)C(C(=O)Nc1ccc(OC)cc1)c1cccc(O)c1. The number of unbranched alkanes of at least 4 members (excludes halogenated alkanes) is 5. The Hall–Kier alpha value is -4.28. The summed E-state index contributed by atoms with van der Waals surface area (Å²) < 4.78 is 10.6. The van der Waals surface area contributed by atoms with Gasteiger partial charge in [0.25, 0.3) is 5.91 Å². The number of nitrogens with two attached hydrogens (primary N) is 1. The van der Waals surface area contributed by atoms with Crippen LogP contribution in [0.5, 0.6) is 11.5 Å². The summed E-state index contributed by atoms with van der Waals surface area (Å²) in [4.78, 5) is 54.2. The van der Waals surface area contributed by atoms with Gasteiger partial charge in [0.2, 0.25) is 11.8 Å². The summed E-state index contributed by atoms with van der Waals surface area (Å²) in [5, 5.41) is 15.8. The van der Waals surface area contributed by atoms with Crippen molar-refractivity contribution in [3.8, 4) is 11.5 Å². The van der Waals surface area contributed by atoms with Crippen LogP contribution in [0.1, 0.15) is 90.7 Å². The van der Waals surface area contributed by atoms with E-state index in [0.717, 1.165) is 32.1 Å². The summed E-state index contributed by atoms with van der Waals surface area (Å²) in [6.45, 7) is 7.40. The van der Waals surface area contributed by atoms with Gasteiger partial charge in [-0.25, -0.2) is 4.79 Å². The standard InChI is InChI=1S/C33H48N4O7/c1-6-7-8-9-10-11-21-37(31(41)27(19-20-28(34)39)36-32(42)44-33(2,3)4)29(23-13-12-14-25(38)22-23)30(40)35-24-15-17-26(43-5)18-16-24/h12-18,22,27,29,38H,6-11,19-21H2,1-5H3,(H2,34,39)(H,35,40)(H,36,42). The largest absolute Gasteiger partial charge is 0.508 e. The number of alkyl carbamates (subject to hydrolysis) is 1. The molecule has 0 aliphatic carbocycles. The molecule has 0 heterocycles. The number of carbonyl (C=O) groups is 4. The smallest absolute Gasteiger partial charge is 0.408 e. The van der Waals surface area contributed by atoms with Crippen LogP contribution < -0.4 is 21.1 Å². The second kappa shape index (κ2) is 17.7. The molecule has 44 heavy (non-hydrogen) atoms. The molecular formula is C33H48N4O7. The molecule has 2 atom stereocenters. The van der Waals surface area contributed by atoms with Gasteiger partial charge in [-0.15, -0.1) is 0 Å². The van der Waals surface area contributed by atoms with Crippen molar-refractivity contribution >= 4 is 29.5 Å². The molecular weight excluding hydrogens is 564 g/mol. The number of aromatic hydroxyl groups is 1. The number of anilines is 1. The van der Waals surface area contributed by atoms with Crippen molar-refractivity contribution in [1.82, 2.24) is 10.2 Å². The number of primary amides is 1. The molecule has 2 aromatic rings. The van der Waals surface area contributed by atoms with Gasteiger partial charge in [0.05, 0.1) is 7.11 Å². The lowest BCUT2D eigenvalue weighted by Crippen LogP contribution is -2.52. The predicted octanol–water partition coefficient (Wildman–Crippen LogP) is 5.43. The van der Waals surface area contributed by atoms with Gasteiger partial charge < -0.3 is 35.8 Å². The maximum atomic E-state index is 14.3. The maximum absolute atomic E-state index is 14.3. The number of amides is 4. The van der Waals surface area contributed by atoms with Gasteiger partial charge in [0, 0.05) is 18.7 Å². The van der Waals surface area contributed by atoms with Gasteiger partial charge in [0.15, 0.2) is 0 Å². The molecule has 2 unspecified atom stereocenters. The summed E-state index contributed by atoms with van der Waals surface area (Å²) in [5.41, 5.74) is 5.42. The topological polar surface area (TPSA) is 160 Å². The summed E-state index contributed by atoms with van der Waals surface area (Å²) in [6.07, 6.45) is 4.53. The van der Waals surface area contributed by atoms with Gasteiger partial charge in [0.1, 0.15) is 29.2 Å². The molecule has 0 radical (unpaired) electrons. The highest BCUT2D eigenvalue weighted by atomic mass is 16.6. The minimum atomic E-state index is -1.20. The van der Waals surface area contributed by atoms with Crippen molar-refractivity contribution in [2.75, 3.05) is 19.0 Å². The van der Waals surface area contributed by atoms with Crippen molar-refractivity contribution < 1.29 is 33.8 Å². The first-order valence-electron chi connectivity index (χ1n) is 15.2. The number of carbonyl (C=O) groups excluding carboxylic acids is 4. The van der Waals surface area contributed by atoms with Crippen molar-refractivity contribution in [3.05, 3.63) is 54.1 Å². The van der Waals surface area contributed by atoms with E-state index in [0.29, 0.717) is 23.4 Å². The quantitative estimate of drug-likeness (QED) is 0.173. The fraction of sp³-hybridized carbons (Fsp3) is 0.515. The molecule has 11 nitrogen and oxygen atoms in total. The molecule has 0 fully saturated rings. The number of nitrogens with one attached hydrogen (secondary N) is 2. The van der Waals surface area contributed by atoms with Crippen LogP contribution in [0.4, 0.5) is 10.5 Å². The third-order valence-corrected chi connectivity index (χ3v) is 6.81. The van der Waals surface area contributed by atoms with E-state index in [1.54, 1.807) is 57.2 Å². The number of phenolic OH excluding ortho intramolecular Hbond substituents is 1. The molecule has 0 aliphatic rings. The highest BCUT2D eigenvalue weighted by Gasteiger charge is 2.36. The number of phenols is 1. The first kappa shape index (κ1) is 35.9. The third kappa shape index (κ3) is 12.5. The number of benzene rings is 2. The third-order valence-electron chi connectivity index (χ3n) is 6.81. The molecule has 0 aliphatic heterocycles. The van der Waals surface area contributed by atoms with E-state index in [2.05, 4.69) is 17.6 Å². The Bertz CT molecular complexity index is 1230. The summed E-state index contributed by atoms with van der Waals surface area (Å²) >= 11 is 0. The summed E-state index contributed by atoms with van der Waals surface area (Å²) in [6, 6.07) is 10.5. The second-order valence-corrected chi connectivity index (χ2v) is 11.7. The van der Waals surface area contributed by atoms with Crippen LogP contribution in [-0.2, 0) is 19.1 Å². The number of nitrogens with zero attached hydrogens (tertiary/aromatic N) is 1. The average Bonchev–Trinajstić information content (AvgIpc) is 2.95. The highest BCUT2D eigenvalue weighted by Crippen LogP contribution is 2.28. The van der Waals surface area contributed by atoms with Crippen LogP contribution in [0.3, 0.4) is 0 Å². The normalized spacial score (nSPS) is 12.5. The molecule has 2 aromatic carbocycles. The Balaban J connectivity index is 2.52. The fourth-order valence-corrected chi connectivity index (χ4v) is 4.68. The molecule has 242 valence electrons. The zero-order chi connectivity index (χ0) is 32.7. The number of methoxy groups -OCH3 is 1. The maximum Gasteiger partial charge on any atom is 0.408 e. The number of rotatable bonds is 17. The molecule has 4 amide bonds. The van der Waals surface area contributed by atoms with Gasteiger partial charge >= 0.3 is 6.09 Å². The Morgan fingerprint density at radius 1 is 0.977 bits per heavy atom. The van der Waals surface area contributed by atoms with E-state index in [-0.39, 0.29) is 25.1 Å². The van der Waals surface area contributed by atoms with Crippen molar-refractivity contribution in [1.29, 1.82) is 0 Å². The predicted molar refractivity (Wildman–Crippen MR) is 169 cm³/mol. The van der Waals surface area contributed by atoms with E-state index in [1.807, 2.05) is 0 Å². The van der Waals surface area contributed by atoms with Crippen molar-refractivity contribution in [2.24, 2.45) is 5.73 Å². The van der Waals surface area contributed by atoms with Crippen LogP contribution in [0.15, 0.2) is 48.5 Å². The first-order valence-corrected chi connectivity index (χ1v) is 15.2. The van der Waals surface area contributed by atoms with Crippen LogP contribution in [0.2, 0.25) is 0 Å². The molecule has 0 saturated heterocycles. The van der Waals surface area contributed by atoms with Gasteiger partial charge in [-0.1, -0.05) is 51.2 Å². The zero-order valence-corrected chi connectivity index (χ0v) is 26.6. The van der Waals surface area contributed by atoms with E-state index < -0.39 is 41.5 Å². The summed E-state index contributed by atoms with van der Waals surface area (Å²) in [7, 11) is 1.54. The number of hydrogen-bond acceptors (Lipinski definition) is 7. The van der Waals surface area contributed by atoms with Crippen molar-refractivity contribution in [2.45, 2.75) is 96.7 Å². The average molecular weight is 613 g/mol. The molecule has 5 N–H and O–H groups in total. The van der Waals surface area contributed by atoms with Gasteiger partial charge in [-0.2, -0.15) is 0 Å². The molecule has 11 heteroatoms. The molecule has 0 saturated carbocycles. The minimum Gasteiger partial charge on any atom is -0.508 e. The lowest BCUT2D eigenvalue weighted by molar-refractivity contribution is -0.141. The minimum absolute atomic E-state index is 0.0751. The second-order valence-electron chi connectivity index (χ2n) is 11.7. The van der Waals surface area contributed by atoms with Crippen molar-refractivity contribution in [3.63, 3.8) is 0 Å². The Morgan fingerprint density at radius 3 is 2.23 bits per heavy atom. The fourth-order valence-electron chi connectivity index (χ4n) is 4.68. The Morgan fingerprint density at radius 2 is 1.64 bits per heavy atom. The van der Waals surface area contributed by atoms with Crippen LogP contribution in [-0.4, -0.2) is 59.1 Å². The van der Waals surface area contributed by atoms with E-state index in [4.69, 9.17) is 15.2 Å². The zero-order valence-electron chi connectivity index (χ0n) is 26.6. The molecule has 0 bridgehead atoms. The Kier molecular flexibility index (Phi) is 14.5.